The minimum atomic E-state index is 0.463. The predicted molar refractivity (Wildman–Crippen MR) is 108 cm³/mol. The molecule has 0 aromatic heterocycles. The molecule has 0 saturated carbocycles. The molecule has 26 heavy (non-hydrogen) atoms. The van der Waals surface area contributed by atoms with Gasteiger partial charge >= 0.3 is 0 Å². The van der Waals surface area contributed by atoms with Crippen LogP contribution in [0.2, 0.25) is 0 Å². The molecule has 0 unspecified atom stereocenters. The van der Waals surface area contributed by atoms with Crippen molar-refractivity contribution in [1.29, 1.82) is 5.26 Å². The van der Waals surface area contributed by atoms with E-state index in [0.717, 1.165) is 17.8 Å². The Morgan fingerprint density at radius 2 is 1.81 bits per heavy atom. The largest absolute Gasteiger partial charge is 0.381 e. The van der Waals surface area contributed by atoms with Gasteiger partial charge in [0, 0.05) is 31.0 Å². The fourth-order valence-electron chi connectivity index (χ4n) is 3.61. The molecule has 0 radical (unpaired) electrons. The van der Waals surface area contributed by atoms with E-state index < -0.39 is 0 Å². The Morgan fingerprint density at radius 1 is 1.12 bits per heavy atom. The quantitative estimate of drug-likeness (QED) is 0.860. The lowest BCUT2D eigenvalue weighted by atomic mass is 10.0. The number of benzene rings is 2. The number of piperidine rings is 1. The Kier molecular flexibility index (Phi) is 6.14. The zero-order valence-electron chi connectivity index (χ0n) is 15.8. The van der Waals surface area contributed by atoms with Crippen molar-refractivity contribution in [3.8, 4) is 6.07 Å². The Hall–Kier alpha value is -2.51. The molecular weight excluding hydrogens is 320 g/mol. The van der Waals surface area contributed by atoms with Gasteiger partial charge in [-0.15, -0.1) is 0 Å². The van der Waals surface area contributed by atoms with E-state index in [-0.39, 0.29) is 0 Å². The van der Waals surface area contributed by atoms with E-state index in [9.17, 15) is 0 Å². The minimum Gasteiger partial charge on any atom is -0.381 e. The first-order valence-electron chi connectivity index (χ1n) is 9.36. The maximum absolute atomic E-state index is 8.77. The summed E-state index contributed by atoms with van der Waals surface area (Å²) in [6.45, 7) is 3.14. The van der Waals surface area contributed by atoms with Crippen molar-refractivity contribution < 1.29 is 0 Å². The highest BCUT2D eigenvalue weighted by Crippen LogP contribution is 2.26. The summed E-state index contributed by atoms with van der Waals surface area (Å²) >= 11 is 0. The van der Waals surface area contributed by atoms with Crippen molar-refractivity contribution in [2.45, 2.75) is 31.8 Å². The van der Waals surface area contributed by atoms with Crippen LogP contribution in [0.15, 0.2) is 48.5 Å². The van der Waals surface area contributed by atoms with Crippen LogP contribution in [0.4, 0.5) is 11.4 Å². The molecule has 1 fully saturated rings. The standard InChI is InChI=1S/C22H28N4/c1-25-15-12-21(13-16-25)26(2)22-6-4-3-5-19(22)17-24-20-9-7-18(8-10-20)11-14-23/h3-10,21,24H,11-13,15-17H2,1-2H3. The van der Waals surface area contributed by atoms with Crippen LogP contribution in [0, 0.1) is 11.3 Å². The van der Waals surface area contributed by atoms with Gasteiger partial charge < -0.3 is 15.1 Å². The Labute approximate surface area is 157 Å². The number of nitrogens with zero attached hydrogens (tertiary/aromatic N) is 3. The van der Waals surface area contributed by atoms with E-state index in [1.54, 1.807) is 0 Å². The lowest BCUT2D eigenvalue weighted by Gasteiger charge is -2.37. The van der Waals surface area contributed by atoms with Gasteiger partial charge in [0.25, 0.3) is 0 Å². The molecule has 2 aromatic rings. The average molecular weight is 348 g/mol. The van der Waals surface area contributed by atoms with Crippen LogP contribution in [-0.4, -0.2) is 38.1 Å². The highest BCUT2D eigenvalue weighted by atomic mass is 15.2. The molecule has 0 atom stereocenters. The zero-order chi connectivity index (χ0) is 18.4. The third-order valence-corrected chi connectivity index (χ3v) is 5.33. The van der Waals surface area contributed by atoms with Crippen LogP contribution in [0.3, 0.4) is 0 Å². The molecule has 0 spiro atoms. The second kappa shape index (κ2) is 8.73. The number of nitriles is 1. The fourth-order valence-corrected chi connectivity index (χ4v) is 3.61. The minimum absolute atomic E-state index is 0.463. The number of para-hydroxylation sites is 1. The second-order valence-electron chi connectivity index (χ2n) is 7.16. The highest BCUT2D eigenvalue weighted by molar-refractivity contribution is 5.56. The predicted octanol–water partition coefficient (Wildman–Crippen LogP) is 3.90. The van der Waals surface area contributed by atoms with Crippen molar-refractivity contribution in [3.63, 3.8) is 0 Å². The Morgan fingerprint density at radius 3 is 2.50 bits per heavy atom. The molecule has 1 heterocycles. The van der Waals surface area contributed by atoms with Gasteiger partial charge in [0.1, 0.15) is 0 Å². The molecule has 1 saturated heterocycles. The van der Waals surface area contributed by atoms with Gasteiger partial charge in [0.15, 0.2) is 0 Å². The Bertz CT molecular complexity index is 739. The Balaban J connectivity index is 1.66. The van der Waals surface area contributed by atoms with E-state index in [1.807, 2.05) is 12.1 Å². The summed E-state index contributed by atoms with van der Waals surface area (Å²) in [5.74, 6) is 0. The SMILES string of the molecule is CN1CCC(N(C)c2ccccc2CNc2ccc(CC#N)cc2)CC1. The summed E-state index contributed by atoms with van der Waals surface area (Å²) in [6, 6.07) is 19.6. The van der Waals surface area contributed by atoms with Gasteiger partial charge in [0.2, 0.25) is 0 Å². The van der Waals surface area contributed by atoms with Crippen LogP contribution in [0.5, 0.6) is 0 Å². The van der Waals surface area contributed by atoms with Crippen molar-refractivity contribution in [3.05, 3.63) is 59.7 Å². The smallest absolute Gasteiger partial charge is 0.0669 e. The summed E-state index contributed by atoms with van der Waals surface area (Å²) in [4.78, 5) is 4.87. The van der Waals surface area contributed by atoms with Crippen LogP contribution in [0.1, 0.15) is 24.0 Å². The second-order valence-corrected chi connectivity index (χ2v) is 7.16. The molecule has 1 aliphatic heterocycles. The fraction of sp³-hybridized carbons (Fsp3) is 0.409. The lowest BCUT2D eigenvalue weighted by Crippen LogP contribution is -2.42. The maximum atomic E-state index is 8.77. The number of rotatable bonds is 6. The third kappa shape index (κ3) is 4.56. The van der Waals surface area contributed by atoms with Gasteiger partial charge in [-0.2, -0.15) is 5.26 Å². The summed E-state index contributed by atoms with van der Waals surface area (Å²) in [6.07, 6.45) is 2.90. The zero-order valence-corrected chi connectivity index (χ0v) is 15.8. The van der Waals surface area contributed by atoms with E-state index in [1.165, 1.54) is 37.2 Å². The van der Waals surface area contributed by atoms with Crippen molar-refractivity contribution in [1.82, 2.24) is 4.90 Å². The van der Waals surface area contributed by atoms with Crippen molar-refractivity contribution >= 4 is 11.4 Å². The molecular formula is C22H28N4. The van der Waals surface area contributed by atoms with E-state index >= 15 is 0 Å². The molecule has 0 bridgehead atoms. The lowest BCUT2D eigenvalue weighted by molar-refractivity contribution is 0.253. The van der Waals surface area contributed by atoms with E-state index in [2.05, 4.69) is 71.7 Å². The molecule has 4 heteroatoms. The first-order valence-corrected chi connectivity index (χ1v) is 9.36. The molecule has 4 nitrogen and oxygen atoms in total. The molecule has 1 N–H and O–H groups in total. The number of likely N-dealkylation sites (tertiary alicyclic amines) is 1. The van der Waals surface area contributed by atoms with Gasteiger partial charge in [-0.25, -0.2) is 0 Å². The van der Waals surface area contributed by atoms with Gasteiger partial charge in [0.05, 0.1) is 12.5 Å². The topological polar surface area (TPSA) is 42.3 Å². The van der Waals surface area contributed by atoms with E-state index in [0.29, 0.717) is 12.5 Å². The van der Waals surface area contributed by atoms with Crippen LogP contribution in [0.25, 0.3) is 0 Å². The first-order chi connectivity index (χ1) is 12.7. The monoisotopic (exact) mass is 348 g/mol. The average Bonchev–Trinajstić information content (AvgIpc) is 2.68. The van der Waals surface area contributed by atoms with Gasteiger partial charge in [-0.1, -0.05) is 30.3 Å². The number of anilines is 2. The number of hydrogen-bond acceptors (Lipinski definition) is 4. The van der Waals surface area contributed by atoms with Gasteiger partial charge in [-0.05, 0) is 62.3 Å². The number of nitrogens with one attached hydrogen (secondary N) is 1. The normalized spacial score (nSPS) is 15.4. The molecule has 136 valence electrons. The molecule has 2 aromatic carbocycles. The third-order valence-electron chi connectivity index (χ3n) is 5.33. The van der Waals surface area contributed by atoms with Crippen LogP contribution >= 0.6 is 0 Å². The van der Waals surface area contributed by atoms with E-state index in [4.69, 9.17) is 5.26 Å². The summed E-state index contributed by atoms with van der Waals surface area (Å²) in [5, 5.41) is 12.3. The summed E-state index contributed by atoms with van der Waals surface area (Å²) in [7, 11) is 4.43. The highest BCUT2D eigenvalue weighted by Gasteiger charge is 2.22. The van der Waals surface area contributed by atoms with Gasteiger partial charge in [-0.3, -0.25) is 0 Å². The number of hydrogen-bond donors (Lipinski definition) is 1. The maximum Gasteiger partial charge on any atom is 0.0669 e. The molecule has 0 amide bonds. The van der Waals surface area contributed by atoms with Crippen LogP contribution < -0.4 is 10.2 Å². The summed E-state index contributed by atoms with van der Waals surface area (Å²) in [5.41, 5.74) is 4.77. The molecule has 3 rings (SSSR count). The van der Waals surface area contributed by atoms with Crippen LogP contribution in [-0.2, 0) is 13.0 Å². The molecule has 1 aliphatic rings. The first kappa shape index (κ1) is 18.3. The van der Waals surface area contributed by atoms with Crippen molar-refractivity contribution in [2.24, 2.45) is 0 Å². The summed E-state index contributed by atoms with van der Waals surface area (Å²) < 4.78 is 0. The molecule has 0 aliphatic carbocycles. The van der Waals surface area contributed by atoms with Crippen molar-refractivity contribution in [2.75, 3.05) is 37.4 Å².